The minimum absolute atomic E-state index is 0.0378. The molecule has 6 rings (SSSR count). The van der Waals surface area contributed by atoms with E-state index in [0.29, 0.717) is 28.0 Å². The Hall–Kier alpha value is -2.88. The molecule has 2 heterocycles. The van der Waals surface area contributed by atoms with Crippen LogP contribution < -0.4 is 5.32 Å². The number of hydrogen-bond acceptors (Lipinski definition) is 3. The molecule has 1 amide bonds. The van der Waals surface area contributed by atoms with Gasteiger partial charge in [-0.05, 0) is 84.5 Å². The fourth-order valence-electron chi connectivity index (χ4n) is 6.36. The maximum atomic E-state index is 13.3. The van der Waals surface area contributed by atoms with Gasteiger partial charge in [-0.25, -0.2) is 4.85 Å². The van der Waals surface area contributed by atoms with E-state index in [-0.39, 0.29) is 11.4 Å². The first kappa shape index (κ1) is 26.3. The van der Waals surface area contributed by atoms with Gasteiger partial charge in [0.25, 0.3) is 0 Å². The molecule has 0 bridgehead atoms. The summed E-state index contributed by atoms with van der Waals surface area (Å²) in [4.78, 5) is 21.9. The number of amides is 1. The van der Waals surface area contributed by atoms with Crippen molar-refractivity contribution in [2.45, 2.75) is 37.6 Å². The zero-order valence-electron chi connectivity index (χ0n) is 21.9. The lowest BCUT2D eigenvalue weighted by molar-refractivity contribution is -0.120. The fraction of sp³-hybridized carbons (Fsp3) is 0.375. The third-order valence-corrected chi connectivity index (χ3v) is 9.34. The average molecular weight is 560 g/mol. The van der Waals surface area contributed by atoms with E-state index >= 15 is 0 Å². The molecule has 7 heteroatoms. The molecular formula is C32H32Cl2N4O. The summed E-state index contributed by atoms with van der Waals surface area (Å²) in [6.07, 6.45) is 5.64. The lowest BCUT2D eigenvalue weighted by Crippen LogP contribution is -2.58. The third-order valence-electron chi connectivity index (χ3n) is 8.61. The molecule has 39 heavy (non-hydrogen) atoms. The van der Waals surface area contributed by atoms with Crippen molar-refractivity contribution < 1.29 is 4.79 Å². The maximum Gasteiger partial charge on any atom is 0.238 e. The zero-order chi connectivity index (χ0) is 27.0. The van der Waals surface area contributed by atoms with Crippen LogP contribution in [0, 0.1) is 12.5 Å². The van der Waals surface area contributed by atoms with E-state index in [1.165, 1.54) is 30.5 Å². The summed E-state index contributed by atoms with van der Waals surface area (Å²) in [6, 6.07) is 19.8. The lowest BCUT2D eigenvalue weighted by Gasteiger charge is -2.52. The van der Waals surface area contributed by atoms with Crippen molar-refractivity contribution in [1.29, 1.82) is 0 Å². The summed E-state index contributed by atoms with van der Waals surface area (Å²) in [7, 11) is 0. The van der Waals surface area contributed by atoms with Gasteiger partial charge in [-0.15, -0.1) is 0 Å². The summed E-state index contributed by atoms with van der Waals surface area (Å²) in [6.45, 7) is 11.9. The average Bonchev–Trinajstić information content (AvgIpc) is 3.77. The van der Waals surface area contributed by atoms with E-state index < -0.39 is 0 Å². The number of anilines is 1. The molecule has 1 saturated carbocycles. The molecule has 0 radical (unpaired) electrons. The molecule has 1 N–H and O–H groups in total. The Morgan fingerprint density at radius 2 is 1.77 bits per heavy atom. The maximum absolute atomic E-state index is 13.3. The Morgan fingerprint density at radius 1 is 0.974 bits per heavy atom. The summed E-state index contributed by atoms with van der Waals surface area (Å²) in [5.41, 5.74) is 6.08. The van der Waals surface area contributed by atoms with Crippen LogP contribution in [-0.4, -0.2) is 48.4 Å². The molecular weight excluding hydrogens is 527 g/mol. The quantitative estimate of drug-likeness (QED) is 0.320. The van der Waals surface area contributed by atoms with Gasteiger partial charge in [0, 0.05) is 37.4 Å². The second-order valence-electron chi connectivity index (χ2n) is 11.2. The van der Waals surface area contributed by atoms with Gasteiger partial charge in [0.15, 0.2) is 5.69 Å². The molecule has 200 valence electrons. The molecule has 1 spiro atoms. The zero-order valence-corrected chi connectivity index (χ0v) is 23.4. The summed E-state index contributed by atoms with van der Waals surface area (Å²) >= 11 is 12.2. The molecule has 5 nitrogen and oxygen atoms in total. The van der Waals surface area contributed by atoms with Gasteiger partial charge in [0.1, 0.15) is 0 Å². The topological polar surface area (TPSA) is 39.9 Å². The number of nitrogens with zero attached hydrogens (tertiary/aromatic N) is 3. The first-order valence-corrected chi connectivity index (χ1v) is 14.5. The number of benzene rings is 3. The van der Waals surface area contributed by atoms with Gasteiger partial charge >= 0.3 is 0 Å². The van der Waals surface area contributed by atoms with E-state index in [0.717, 1.165) is 55.9 Å². The molecule has 2 fully saturated rings. The monoisotopic (exact) mass is 558 g/mol. The van der Waals surface area contributed by atoms with Crippen LogP contribution in [0.3, 0.4) is 0 Å². The highest BCUT2D eigenvalue weighted by atomic mass is 35.5. The highest BCUT2D eigenvalue weighted by Crippen LogP contribution is 2.45. The number of carbonyl (C=O) groups excluding carboxylic acids is 1. The van der Waals surface area contributed by atoms with Gasteiger partial charge in [0.2, 0.25) is 5.91 Å². The number of nitrogens with one attached hydrogen (secondary N) is 1. The van der Waals surface area contributed by atoms with Crippen molar-refractivity contribution in [2.75, 3.05) is 38.0 Å². The molecule has 1 aliphatic carbocycles. The molecule has 2 aliphatic heterocycles. The van der Waals surface area contributed by atoms with Crippen molar-refractivity contribution >= 4 is 40.5 Å². The number of fused-ring (bicyclic) bond motifs is 2. The lowest BCUT2D eigenvalue weighted by atomic mass is 9.73. The second kappa shape index (κ2) is 10.9. The van der Waals surface area contributed by atoms with E-state index in [1.807, 2.05) is 18.2 Å². The van der Waals surface area contributed by atoms with Gasteiger partial charge in [-0.1, -0.05) is 59.6 Å². The third kappa shape index (κ3) is 5.58. The van der Waals surface area contributed by atoms with Crippen LogP contribution in [0.4, 0.5) is 11.4 Å². The van der Waals surface area contributed by atoms with Crippen molar-refractivity contribution in [3.05, 3.63) is 93.3 Å². The fourth-order valence-corrected chi connectivity index (χ4v) is 6.66. The minimum atomic E-state index is -0.167. The molecule has 0 unspecified atom stereocenters. The van der Waals surface area contributed by atoms with E-state index in [2.05, 4.69) is 44.2 Å². The smallest absolute Gasteiger partial charge is 0.238 e. The van der Waals surface area contributed by atoms with Gasteiger partial charge in [-0.3, -0.25) is 9.69 Å². The number of piperidine rings is 1. The predicted molar refractivity (Wildman–Crippen MR) is 159 cm³/mol. The van der Waals surface area contributed by atoms with Crippen LogP contribution >= 0.6 is 23.2 Å². The SMILES string of the molecule is [C-]#[N+]c1cccc(-c2ccc3c(c2)CCN(CC(=O)Nc2ccc(Cl)c(Cl)c2)C32CCN(CC3CC3)CC2)c1. The first-order valence-electron chi connectivity index (χ1n) is 13.8. The van der Waals surface area contributed by atoms with Crippen LogP contribution in [0.1, 0.15) is 36.8 Å². The molecule has 3 aliphatic rings. The predicted octanol–water partition coefficient (Wildman–Crippen LogP) is 7.41. The van der Waals surface area contributed by atoms with Crippen molar-refractivity contribution in [1.82, 2.24) is 9.80 Å². The summed E-state index contributed by atoms with van der Waals surface area (Å²) in [5, 5.41) is 3.93. The summed E-state index contributed by atoms with van der Waals surface area (Å²) < 4.78 is 0. The first-order chi connectivity index (χ1) is 18.9. The Balaban J connectivity index is 1.27. The number of carbonyl (C=O) groups is 1. The van der Waals surface area contributed by atoms with Crippen molar-refractivity contribution in [3.8, 4) is 11.1 Å². The number of hydrogen-bond donors (Lipinski definition) is 1. The van der Waals surface area contributed by atoms with Crippen molar-refractivity contribution in [2.24, 2.45) is 5.92 Å². The molecule has 3 aromatic rings. The Kier molecular flexibility index (Phi) is 7.39. The van der Waals surface area contributed by atoms with Crippen LogP contribution in [0.25, 0.3) is 16.0 Å². The van der Waals surface area contributed by atoms with Crippen LogP contribution in [-0.2, 0) is 16.8 Å². The molecule has 1 saturated heterocycles. The van der Waals surface area contributed by atoms with Gasteiger partial charge < -0.3 is 10.2 Å². The Labute approximate surface area is 240 Å². The van der Waals surface area contributed by atoms with Crippen LogP contribution in [0.15, 0.2) is 60.7 Å². The van der Waals surface area contributed by atoms with Crippen molar-refractivity contribution in [3.63, 3.8) is 0 Å². The highest BCUT2D eigenvalue weighted by Gasteiger charge is 2.45. The number of rotatable bonds is 6. The Bertz CT molecular complexity index is 1440. The highest BCUT2D eigenvalue weighted by molar-refractivity contribution is 6.42. The normalized spacial score (nSPS) is 18.9. The van der Waals surface area contributed by atoms with Crippen LogP contribution in [0.5, 0.6) is 0 Å². The standard InChI is InChI=1S/C32H32Cl2N4O/c1-35-26-4-2-3-23(18-26)24-7-9-28-25(17-24)11-14-38(21-31(39)36-27-8-10-29(33)30(34)19-27)32(28)12-15-37(16-13-32)20-22-5-6-22/h2-4,7-10,17-19,22H,5-6,11-16,20-21H2,(H,36,39). The van der Waals surface area contributed by atoms with Crippen LogP contribution in [0.2, 0.25) is 10.0 Å². The molecule has 3 aromatic carbocycles. The molecule has 0 aromatic heterocycles. The Morgan fingerprint density at radius 3 is 2.51 bits per heavy atom. The minimum Gasteiger partial charge on any atom is -0.325 e. The second-order valence-corrected chi connectivity index (χ2v) is 12.0. The number of halogens is 2. The largest absolute Gasteiger partial charge is 0.325 e. The van der Waals surface area contributed by atoms with Gasteiger partial charge in [-0.2, -0.15) is 0 Å². The van der Waals surface area contributed by atoms with E-state index in [1.54, 1.807) is 18.2 Å². The van der Waals surface area contributed by atoms with Gasteiger partial charge in [0.05, 0.1) is 23.2 Å². The summed E-state index contributed by atoms with van der Waals surface area (Å²) in [5.74, 6) is 0.837. The molecule has 0 atom stereocenters. The van der Waals surface area contributed by atoms with E-state index in [9.17, 15) is 4.79 Å². The van der Waals surface area contributed by atoms with E-state index in [4.69, 9.17) is 29.8 Å². The number of likely N-dealkylation sites (tertiary alicyclic amines) is 1.